The second-order valence-corrected chi connectivity index (χ2v) is 4.49. The van der Waals surface area contributed by atoms with Gasteiger partial charge in [-0.3, -0.25) is 4.79 Å². The summed E-state index contributed by atoms with van der Waals surface area (Å²) >= 11 is 0. The molecule has 0 saturated heterocycles. The van der Waals surface area contributed by atoms with E-state index in [0.717, 1.165) is 4.90 Å². The van der Waals surface area contributed by atoms with E-state index >= 15 is 0 Å². The lowest BCUT2D eigenvalue weighted by Crippen LogP contribution is -2.49. The number of carbonyl (C=O) groups is 3. The van der Waals surface area contributed by atoms with Crippen LogP contribution in [0.2, 0.25) is 0 Å². The maximum atomic E-state index is 11.8. The van der Waals surface area contributed by atoms with Gasteiger partial charge in [-0.25, -0.2) is 9.59 Å². The Morgan fingerprint density at radius 2 is 1.67 bits per heavy atom. The van der Waals surface area contributed by atoms with Gasteiger partial charge in [0.05, 0.1) is 0 Å². The first-order valence-electron chi connectivity index (χ1n) is 5.67. The molecule has 0 radical (unpaired) electrons. The summed E-state index contributed by atoms with van der Waals surface area (Å²) in [6, 6.07) is -1.45. The molecule has 7 heteroatoms. The highest BCUT2D eigenvalue weighted by Crippen LogP contribution is 2.01. The summed E-state index contributed by atoms with van der Waals surface area (Å²) in [5.41, 5.74) is 0. The number of aliphatic carboxylic acids is 1. The number of hydrogen-bond donors (Lipinski definition) is 2. The Labute approximate surface area is 107 Å². The third-order valence-corrected chi connectivity index (χ3v) is 2.40. The third-order valence-electron chi connectivity index (χ3n) is 2.40. The van der Waals surface area contributed by atoms with Crippen molar-refractivity contribution in [3.8, 4) is 0 Å². The molecule has 0 bridgehead atoms. The Hall–Kier alpha value is -1.79. The topological polar surface area (TPSA) is 90.0 Å². The second kappa shape index (κ2) is 6.83. The molecule has 2 N–H and O–H groups in total. The zero-order valence-electron chi connectivity index (χ0n) is 11.4. The van der Waals surface area contributed by atoms with Crippen molar-refractivity contribution >= 4 is 17.9 Å². The molecule has 1 unspecified atom stereocenters. The molecular formula is C11H21N3O4. The molecule has 0 aliphatic carbocycles. The number of nitrogens with zero attached hydrogens (tertiary/aromatic N) is 2. The molecular weight excluding hydrogens is 238 g/mol. The lowest BCUT2D eigenvalue weighted by Gasteiger charge is -2.27. The van der Waals surface area contributed by atoms with Gasteiger partial charge in [0.15, 0.2) is 0 Å². The van der Waals surface area contributed by atoms with E-state index in [1.807, 2.05) is 13.8 Å². The third kappa shape index (κ3) is 5.03. The van der Waals surface area contributed by atoms with E-state index in [1.165, 1.54) is 25.9 Å². The van der Waals surface area contributed by atoms with E-state index in [1.54, 1.807) is 0 Å². The predicted molar refractivity (Wildman–Crippen MR) is 66.2 cm³/mol. The second-order valence-electron chi connectivity index (χ2n) is 4.49. The van der Waals surface area contributed by atoms with Crippen molar-refractivity contribution in [1.29, 1.82) is 0 Å². The molecule has 0 fully saturated rings. The van der Waals surface area contributed by atoms with Crippen LogP contribution in [-0.2, 0) is 9.59 Å². The number of carboxylic acids is 1. The highest BCUT2D eigenvalue weighted by molar-refractivity contribution is 5.86. The molecule has 104 valence electrons. The standard InChI is InChI=1S/C11H21N3O4/c1-7(2)12-9(15)6-13(4)11(18)14(5)8(3)10(16)17/h7-8H,6H2,1-5H3,(H,12,15)(H,16,17). The van der Waals surface area contributed by atoms with Crippen molar-refractivity contribution in [1.82, 2.24) is 15.1 Å². The fraction of sp³-hybridized carbons (Fsp3) is 0.727. The zero-order chi connectivity index (χ0) is 14.5. The van der Waals surface area contributed by atoms with Crippen LogP contribution in [0.4, 0.5) is 4.79 Å². The largest absolute Gasteiger partial charge is 0.480 e. The number of amides is 3. The normalized spacial score (nSPS) is 11.9. The van der Waals surface area contributed by atoms with Gasteiger partial charge in [0.1, 0.15) is 12.6 Å². The number of likely N-dealkylation sites (N-methyl/N-ethyl adjacent to an activating group) is 2. The molecule has 0 rings (SSSR count). The average Bonchev–Trinajstić information content (AvgIpc) is 2.24. The van der Waals surface area contributed by atoms with Crippen LogP contribution in [-0.4, -0.2) is 65.5 Å². The minimum absolute atomic E-state index is 0.00308. The monoisotopic (exact) mass is 259 g/mol. The first-order valence-corrected chi connectivity index (χ1v) is 5.67. The molecule has 18 heavy (non-hydrogen) atoms. The van der Waals surface area contributed by atoms with Crippen molar-refractivity contribution in [2.45, 2.75) is 32.9 Å². The summed E-state index contributed by atoms with van der Waals surface area (Å²) < 4.78 is 0. The average molecular weight is 259 g/mol. The van der Waals surface area contributed by atoms with Gasteiger partial charge >= 0.3 is 12.0 Å². The number of carboxylic acid groups (broad SMARTS) is 1. The summed E-state index contributed by atoms with van der Waals surface area (Å²) in [6.45, 7) is 4.94. The van der Waals surface area contributed by atoms with E-state index in [4.69, 9.17) is 5.11 Å². The van der Waals surface area contributed by atoms with Crippen LogP contribution in [0.3, 0.4) is 0 Å². The van der Waals surface area contributed by atoms with Gasteiger partial charge in [0.2, 0.25) is 5.91 Å². The Kier molecular flexibility index (Phi) is 6.15. The molecule has 0 heterocycles. The van der Waals surface area contributed by atoms with Crippen molar-refractivity contribution in [3.05, 3.63) is 0 Å². The number of hydrogen-bond acceptors (Lipinski definition) is 3. The SMILES string of the molecule is CC(C)NC(=O)CN(C)C(=O)N(C)C(C)C(=O)O. The van der Waals surface area contributed by atoms with E-state index in [9.17, 15) is 14.4 Å². The van der Waals surface area contributed by atoms with Crippen molar-refractivity contribution in [3.63, 3.8) is 0 Å². The van der Waals surface area contributed by atoms with E-state index in [2.05, 4.69) is 5.32 Å². The summed E-state index contributed by atoms with van der Waals surface area (Å²) in [5.74, 6) is -1.37. The molecule has 0 aromatic rings. The Morgan fingerprint density at radius 3 is 2.06 bits per heavy atom. The van der Waals surface area contributed by atoms with Crippen LogP contribution in [0, 0.1) is 0 Å². The molecule has 0 saturated carbocycles. The minimum atomic E-state index is -1.09. The molecule has 0 aliphatic heterocycles. The van der Waals surface area contributed by atoms with Gasteiger partial charge in [0.25, 0.3) is 0 Å². The summed E-state index contributed by atoms with van der Waals surface area (Å²) in [6.07, 6.45) is 0. The van der Waals surface area contributed by atoms with E-state index in [-0.39, 0.29) is 18.5 Å². The number of nitrogens with one attached hydrogen (secondary N) is 1. The molecule has 0 spiro atoms. The van der Waals surface area contributed by atoms with Gasteiger partial charge < -0.3 is 20.2 Å². The van der Waals surface area contributed by atoms with Crippen LogP contribution in [0.15, 0.2) is 0 Å². The van der Waals surface area contributed by atoms with Crippen LogP contribution >= 0.6 is 0 Å². The Bertz CT molecular complexity index is 330. The van der Waals surface area contributed by atoms with Gasteiger partial charge in [0, 0.05) is 20.1 Å². The van der Waals surface area contributed by atoms with Crippen LogP contribution in [0.25, 0.3) is 0 Å². The van der Waals surface area contributed by atoms with Gasteiger partial charge in [-0.05, 0) is 20.8 Å². The van der Waals surface area contributed by atoms with Crippen molar-refractivity contribution in [2.75, 3.05) is 20.6 Å². The summed E-state index contributed by atoms with van der Waals surface area (Å²) in [4.78, 5) is 36.3. The van der Waals surface area contributed by atoms with Crippen LogP contribution in [0.5, 0.6) is 0 Å². The van der Waals surface area contributed by atoms with Gasteiger partial charge in [-0.2, -0.15) is 0 Å². The lowest BCUT2D eigenvalue weighted by molar-refractivity contribution is -0.141. The molecule has 3 amide bonds. The fourth-order valence-electron chi connectivity index (χ4n) is 1.25. The lowest BCUT2D eigenvalue weighted by atomic mass is 10.3. The number of rotatable bonds is 5. The van der Waals surface area contributed by atoms with Crippen molar-refractivity contribution in [2.24, 2.45) is 0 Å². The van der Waals surface area contributed by atoms with Gasteiger partial charge in [-0.15, -0.1) is 0 Å². The first kappa shape index (κ1) is 16.2. The van der Waals surface area contributed by atoms with E-state index in [0.29, 0.717) is 0 Å². The smallest absolute Gasteiger partial charge is 0.326 e. The predicted octanol–water partition coefficient (Wildman–Crippen LogP) is -0.0323. The van der Waals surface area contributed by atoms with Crippen molar-refractivity contribution < 1.29 is 19.5 Å². The molecule has 0 aliphatic rings. The Balaban J connectivity index is 4.42. The zero-order valence-corrected chi connectivity index (χ0v) is 11.4. The minimum Gasteiger partial charge on any atom is -0.480 e. The highest BCUT2D eigenvalue weighted by Gasteiger charge is 2.25. The number of carbonyl (C=O) groups excluding carboxylic acids is 2. The summed E-state index contributed by atoms with van der Waals surface area (Å²) in [5, 5.41) is 11.4. The molecule has 0 aromatic carbocycles. The maximum Gasteiger partial charge on any atom is 0.326 e. The van der Waals surface area contributed by atoms with E-state index < -0.39 is 18.0 Å². The Morgan fingerprint density at radius 1 is 1.17 bits per heavy atom. The van der Waals surface area contributed by atoms with Crippen LogP contribution < -0.4 is 5.32 Å². The maximum absolute atomic E-state index is 11.8. The number of urea groups is 1. The quantitative estimate of drug-likeness (QED) is 0.725. The molecule has 0 aromatic heterocycles. The first-order chi connectivity index (χ1) is 8.16. The van der Waals surface area contributed by atoms with Gasteiger partial charge in [-0.1, -0.05) is 0 Å². The molecule has 1 atom stereocenters. The molecule has 7 nitrogen and oxygen atoms in total. The summed E-state index contributed by atoms with van der Waals surface area (Å²) in [7, 11) is 2.84. The highest BCUT2D eigenvalue weighted by atomic mass is 16.4. The van der Waals surface area contributed by atoms with Crippen LogP contribution in [0.1, 0.15) is 20.8 Å². The fourth-order valence-corrected chi connectivity index (χ4v) is 1.25.